The van der Waals surface area contributed by atoms with Gasteiger partial charge in [-0.05, 0) is 50.2 Å². The van der Waals surface area contributed by atoms with Gasteiger partial charge in [-0.25, -0.2) is 4.79 Å². The number of aromatic nitrogens is 2. The molecule has 0 amide bonds. The third kappa shape index (κ3) is 3.75. The van der Waals surface area contributed by atoms with Gasteiger partial charge < -0.3 is 14.9 Å². The molecule has 0 aliphatic rings. The van der Waals surface area contributed by atoms with Crippen molar-refractivity contribution < 1.29 is 19.7 Å². The summed E-state index contributed by atoms with van der Waals surface area (Å²) in [7, 11) is 0. The van der Waals surface area contributed by atoms with Gasteiger partial charge in [0.25, 0.3) is 0 Å². The van der Waals surface area contributed by atoms with Crippen LogP contribution in [0.15, 0.2) is 54.7 Å². The minimum atomic E-state index is -1.68. The molecule has 0 spiro atoms. The average Bonchev–Trinajstić information content (AvgIpc) is 3.12. The van der Waals surface area contributed by atoms with Gasteiger partial charge in [0.15, 0.2) is 0 Å². The molecule has 0 bridgehead atoms. The number of phenols is 1. The zero-order valence-electron chi connectivity index (χ0n) is 14.9. The van der Waals surface area contributed by atoms with E-state index in [1.54, 1.807) is 41.2 Å². The van der Waals surface area contributed by atoms with Crippen molar-refractivity contribution in [2.75, 3.05) is 0 Å². The summed E-state index contributed by atoms with van der Waals surface area (Å²) in [5.41, 5.74) is -0.205. The minimum Gasteiger partial charge on any atom is -0.508 e. The molecule has 7 heteroatoms. The van der Waals surface area contributed by atoms with Crippen molar-refractivity contribution in [3.8, 4) is 22.8 Å². The summed E-state index contributed by atoms with van der Waals surface area (Å²) in [5.74, 6) is -0.843. The van der Waals surface area contributed by atoms with E-state index in [2.05, 4.69) is 5.10 Å². The summed E-state index contributed by atoms with van der Waals surface area (Å²) in [6.45, 7) is 4.10. The number of aromatic hydroxyl groups is 1. The van der Waals surface area contributed by atoms with Gasteiger partial charge >= 0.3 is 5.97 Å². The molecule has 6 nitrogen and oxygen atoms in total. The molecule has 0 saturated heterocycles. The van der Waals surface area contributed by atoms with Crippen LogP contribution in [0.4, 0.5) is 0 Å². The maximum atomic E-state index is 12.1. The lowest BCUT2D eigenvalue weighted by atomic mass is 9.95. The molecule has 3 rings (SSSR count). The van der Waals surface area contributed by atoms with Crippen LogP contribution < -0.4 is 4.74 Å². The molecule has 0 aliphatic carbocycles. The Morgan fingerprint density at radius 2 is 2.04 bits per heavy atom. The first-order valence-electron chi connectivity index (χ1n) is 8.39. The minimum absolute atomic E-state index is 0.0307. The van der Waals surface area contributed by atoms with E-state index >= 15 is 0 Å². The molecule has 2 aromatic carbocycles. The molecule has 1 atom stereocenters. The van der Waals surface area contributed by atoms with Crippen molar-refractivity contribution in [2.24, 2.45) is 0 Å². The number of benzene rings is 2. The quantitative estimate of drug-likeness (QED) is 0.659. The van der Waals surface area contributed by atoms with E-state index in [-0.39, 0.29) is 5.75 Å². The average molecular weight is 387 g/mol. The van der Waals surface area contributed by atoms with Crippen molar-refractivity contribution in [1.29, 1.82) is 0 Å². The number of hydrogen-bond donors (Lipinski definition) is 2. The molecule has 3 aromatic rings. The fourth-order valence-corrected chi connectivity index (χ4v) is 2.91. The van der Waals surface area contributed by atoms with Gasteiger partial charge in [-0.3, -0.25) is 4.68 Å². The number of aliphatic carboxylic acids is 1. The van der Waals surface area contributed by atoms with E-state index in [1.807, 2.05) is 6.92 Å². The third-order valence-electron chi connectivity index (χ3n) is 4.30. The van der Waals surface area contributed by atoms with Gasteiger partial charge in [-0.2, -0.15) is 5.10 Å². The highest BCUT2D eigenvalue weighted by Gasteiger charge is 2.39. The highest BCUT2D eigenvalue weighted by Crippen LogP contribution is 2.37. The molecule has 1 heterocycles. The molecule has 0 saturated carbocycles. The Bertz CT molecular complexity index is 986. The van der Waals surface area contributed by atoms with E-state index in [4.69, 9.17) is 16.3 Å². The summed E-state index contributed by atoms with van der Waals surface area (Å²) in [6, 6.07) is 12.8. The van der Waals surface area contributed by atoms with Gasteiger partial charge in [0.1, 0.15) is 11.5 Å². The smallest absolute Gasteiger partial charge is 0.352 e. The van der Waals surface area contributed by atoms with E-state index in [0.29, 0.717) is 34.1 Å². The van der Waals surface area contributed by atoms with Gasteiger partial charge in [0.2, 0.25) is 5.60 Å². The molecule has 2 N–H and O–H groups in total. The van der Waals surface area contributed by atoms with Crippen LogP contribution in [0.1, 0.15) is 19.4 Å². The monoisotopic (exact) mass is 386 g/mol. The molecule has 1 aromatic heterocycles. The fourth-order valence-electron chi connectivity index (χ4n) is 2.72. The number of halogens is 1. The Hall–Kier alpha value is -2.99. The molecule has 0 radical (unpaired) electrons. The normalized spacial score (nSPS) is 13.1. The van der Waals surface area contributed by atoms with Crippen LogP contribution in [-0.2, 0) is 16.9 Å². The van der Waals surface area contributed by atoms with Crippen LogP contribution in [0.5, 0.6) is 11.5 Å². The topological polar surface area (TPSA) is 84.6 Å². The number of rotatable bonds is 6. The van der Waals surface area contributed by atoms with Crippen LogP contribution in [0, 0.1) is 0 Å². The number of phenolic OH excluding ortho intramolecular Hbond substituents is 1. The molecule has 27 heavy (non-hydrogen) atoms. The molecule has 1 unspecified atom stereocenters. The highest BCUT2D eigenvalue weighted by atomic mass is 35.5. The van der Waals surface area contributed by atoms with Crippen molar-refractivity contribution in [3.05, 3.63) is 65.3 Å². The number of carbonyl (C=O) groups is 1. The lowest BCUT2D eigenvalue weighted by Crippen LogP contribution is -2.38. The van der Waals surface area contributed by atoms with Crippen molar-refractivity contribution >= 4 is 17.6 Å². The first kappa shape index (κ1) is 18.8. The van der Waals surface area contributed by atoms with E-state index in [9.17, 15) is 15.0 Å². The number of nitrogens with zero attached hydrogens (tertiary/aromatic N) is 2. The molecule has 140 valence electrons. The number of hydrogen-bond acceptors (Lipinski definition) is 4. The Labute approximate surface area is 161 Å². The predicted octanol–water partition coefficient (Wildman–Crippen LogP) is 4.31. The van der Waals surface area contributed by atoms with E-state index < -0.39 is 11.6 Å². The first-order chi connectivity index (χ1) is 12.8. The Kier molecular flexibility index (Phi) is 5.10. The second kappa shape index (κ2) is 7.32. The number of aryl methyl sites for hydroxylation is 1. The zero-order valence-corrected chi connectivity index (χ0v) is 15.6. The number of ether oxygens (including phenoxy) is 1. The Balaban J connectivity index is 2.08. The van der Waals surface area contributed by atoms with Gasteiger partial charge in [-0.15, -0.1) is 0 Å². The third-order valence-corrected chi connectivity index (χ3v) is 4.54. The number of carboxylic acids is 1. The lowest BCUT2D eigenvalue weighted by Gasteiger charge is -2.28. The van der Waals surface area contributed by atoms with Gasteiger partial charge in [0.05, 0.1) is 5.69 Å². The summed E-state index contributed by atoms with van der Waals surface area (Å²) in [4.78, 5) is 12.1. The SMILES string of the molecule is CCn1ccc(-c2cc(O)ccc2OC(C)(C(=O)O)c2cccc(Cl)c2)n1. The summed E-state index contributed by atoms with van der Waals surface area (Å²) in [5, 5.41) is 24.6. The van der Waals surface area contributed by atoms with Crippen LogP contribution in [0.3, 0.4) is 0 Å². The lowest BCUT2D eigenvalue weighted by molar-refractivity contribution is -0.154. The standard InChI is InChI=1S/C20H19ClN2O4/c1-3-23-10-9-17(22-23)16-12-15(24)7-8-18(16)27-20(2,19(25)26)13-5-4-6-14(21)11-13/h4-12,24H,3H2,1-2H3,(H,25,26). The second-order valence-electron chi connectivity index (χ2n) is 6.19. The molecular formula is C20H19ClN2O4. The summed E-state index contributed by atoms with van der Waals surface area (Å²) >= 11 is 6.03. The Morgan fingerprint density at radius 3 is 2.67 bits per heavy atom. The number of carboxylic acid groups (broad SMARTS) is 1. The highest BCUT2D eigenvalue weighted by molar-refractivity contribution is 6.30. The van der Waals surface area contributed by atoms with E-state index in [0.717, 1.165) is 0 Å². The van der Waals surface area contributed by atoms with Crippen molar-refractivity contribution in [3.63, 3.8) is 0 Å². The second-order valence-corrected chi connectivity index (χ2v) is 6.62. The maximum Gasteiger partial charge on any atom is 0.352 e. The van der Waals surface area contributed by atoms with Gasteiger partial charge in [-0.1, -0.05) is 23.7 Å². The molecule has 0 aliphatic heterocycles. The fraction of sp³-hybridized carbons (Fsp3) is 0.200. The zero-order chi connectivity index (χ0) is 19.6. The largest absolute Gasteiger partial charge is 0.508 e. The first-order valence-corrected chi connectivity index (χ1v) is 8.76. The summed E-state index contributed by atoms with van der Waals surface area (Å²) < 4.78 is 7.70. The van der Waals surface area contributed by atoms with E-state index in [1.165, 1.54) is 25.1 Å². The predicted molar refractivity (Wildman–Crippen MR) is 102 cm³/mol. The van der Waals surface area contributed by atoms with Crippen molar-refractivity contribution in [2.45, 2.75) is 26.0 Å². The van der Waals surface area contributed by atoms with Crippen LogP contribution >= 0.6 is 11.6 Å². The van der Waals surface area contributed by atoms with Crippen molar-refractivity contribution in [1.82, 2.24) is 9.78 Å². The van der Waals surface area contributed by atoms with Crippen LogP contribution in [-0.4, -0.2) is 26.0 Å². The van der Waals surface area contributed by atoms with Crippen LogP contribution in [0.25, 0.3) is 11.3 Å². The van der Waals surface area contributed by atoms with Gasteiger partial charge in [0, 0.05) is 28.9 Å². The van der Waals surface area contributed by atoms with Crippen LogP contribution in [0.2, 0.25) is 5.02 Å². The summed E-state index contributed by atoms with van der Waals surface area (Å²) in [6.07, 6.45) is 1.80. The molecular weight excluding hydrogens is 368 g/mol. The maximum absolute atomic E-state index is 12.1. The molecule has 0 fully saturated rings. The Morgan fingerprint density at radius 1 is 1.26 bits per heavy atom.